The normalized spacial score (nSPS) is 10.7. The molecule has 0 saturated heterocycles. The van der Waals surface area contributed by atoms with Gasteiger partial charge in [-0.25, -0.2) is 9.97 Å². The average molecular weight is 356 g/mol. The van der Waals surface area contributed by atoms with Crippen LogP contribution in [0.3, 0.4) is 0 Å². The van der Waals surface area contributed by atoms with Gasteiger partial charge in [0.2, 0.25) is 5.95 Å². The molecule has 0 spiro atoms. The number of aromatic nitrogens is 4. The molecular formula is C21H20N6. The fraction of sp³-hybridized carbons (Fsp3) is 0.143. The zero-order valence-corrected chi connectivity index (χ0v) is 14.8. The van der Waals surface area contributed by atoms with Crippen molar-refractivity contribution in [3.8, 4) is 0 Å². The monoisotopic (exact) mass is 356 g/mol. The Kier molecular flexibility index (Phi) is 5.15. The minimum absolute atomic E-state index is 0.550. The zero-order chi connectivity index (χ0) is 18.3. The molecule has 0 unspecified atom stereocenters. The fourth-order valence-corrected chi connectivity index (χ4v) is 2.83. The molecule has 0 amide bonds. The quantitative estimate of drug-likeness (QED) is 0.483. The van der Waals surface area contributed by atoms with Crippen molar-refractivity contribution < 1.29 is 0 Å². The van der Waals surface area contributed by atoms with Crippen LogP contribution in [0.4, 0.5) is 17.5 Å². The Morgan fingerprint density at radius 2 is 1.52 bits per heavy atom. The standard InChI is InChI=1S/C21H20N6/c1-3-8-16(9-4-1)10-7-13-24-21-26-19-18(22-14-15-23-19)20(27-21)25-17-11-5-2-6-12-17/h1-6,8-9,11-12,14-15H,7,10,13H2,(H2,23,24,25,26,27). The van der Waals surface area contributed by atoms with Crippen LogP contribution in [0.2, 0.25) is 0 Å². The van der Waals surface area contributed by atoms with E-state index in [0.717, 1.165) is 25.1 Å². The van der Waals surface area contributed by atoms with E-state index in [4.69, 9.17) is 0 Å². The SMILES string of the molecule is c1ccc(CCCNc2nc(Nc3ccccc3)c3nccnc3n2)cc1. The molecule has 0 atom stereocenters. The Labute approximate surface area is 157 Å². The van der Waals surface area contributed by atoms with Gasteiger partial charge < -0.3 is 10.6 Å². The number of benzene rings is 2. The maximum atomic E-state index is 4.60. The Balaban J connectivity index is 1.49. The smallest absolute Gasteiger partial charge is 0.226 e. The van der Waals surface area contributed by atoms with Crippen molar-refractivity contribution in [2.75, 3.05) is 17.2 Å². The first-order valence-corrected chi connectivity index (χ1v) is 8.97. The number of hydrogen-bond donors (Lipinski definition) is 2. The molecule has 2 aromatic heterocycles. The molecule has 0 aliphatic heterocycles. The van der Waals surface area contributed by atoms with Gasteiger partial charge in [0.05, 0.1) is 0 Å². The van der Waals surface area contributed by atoms with Gasteiger partial charge in [-0.15, -0.1) is 0 Å². The first-order valence-electron chi connectivity index (χ1n) is 8.97. The molecule has 4 aromatic rings. The Morgan fingerprint density at radius 1 is 0.778 bits per heavy atom. The van der Waals surface area contributed by atoms with Gasteiger partial charge in [0.25, 0.3) is 0 Å². The number of nitrogens with one attached hydrogen (secondary N) is 2. The molecule has 134 valence electrons. The van der Waals surface area contributed by atoms with E-state index in [-0.39, 0.29) is 0 Å². The summed E-state index contributed by atoms with van der Waals surface area (Å²) >= 11 is 0. The summed E-state index contributed by atoms with van der Waals surface area (Å²) in [5.74, 6) is 1.19. The van der Waals surface area contributed by atoms with Crippen molar-refractivity contribution in [2.45, 2.75) is 12.8 Å². The lowest BCUT2D eigenvalue weighted by Crippen LogP contribution is -2.09. The summed E-state index contributed by atoms with van der Waals surface area (Å²) < 4.78 is 0. The molecule has 6 nitrogen and oxygen atoms in total. The minimum Gasteiger partial charge on any atom is -0.354 e. The lowest BCUT2D eigenvalue weighted by Gasteiger charge is -2.10. The van der Waals surface area contributed by atoms with Gasteiger partial charge in [-0.1, -0.05) is 48.5 Å². The third-order valence-corrected chi connectivity index (χ3v) is 4.14. The molecule has 2 aromatic carbocycles. The molecule has 6 heteroatoms. The molecule has 0 radical (unpaired) electrons. The second-order valence-corrected chi connectivity index (χ2v) is 6.13. The summed E-state index contributed by atoms with van der Waals surface area (Å²) in [5, 5.41) is 6.61. The predicted octanol–water partition coefficient (Wildman–Crippen LogP) is 4.21. The van der Waals surface area contributed by atoms with Crippen molar-refractivity contribution in [3.63, 3.8) is 0 Å². The van der Waals surface area contributed by atoms with Crippen LogP contribution >= 0.6 is 0 Å². The van der Waals surface area contributed by atoms with E-state index in [1.807, 2.05) is 36.4 Å². The van der Waals surface area contributed by atoms with E-state index in [0.29, 0.717) is 22.9 Å². The fourth-order valence-electron chi connectivity index (χ4n) is 2.83. The number of hydrogen-bond acceptors (Lipinski definition) is 6. The minimum atomic E-state index is 0.550. The summed E-state index contributed by atoms with van der Waals surface area (Å²) in [6.07, 6.45) is 5.29. The largest absolute Gasteiger partial charge is 0.354 e. The Morgan fingerprint density at radius 3 is 2.33 bits per heavy atom. The summed E-state index contributed by atoms with van der Waals surface area (Å²) in [4.78, 5) is 17.8. The van der Waals surface area contributed by atoms with Crippen LogP contribution in [0.25, 0.3) is 11.2 Å². The number of rotatable bonds is 7. The van der Waals surface area contributed by atoms with Crippen LogP contribution in [0.1, 0.15) is 12.0 Å². The van der Waals surface area contributed by atoms with Crippen LogP contribution in [0.15, 0.2) is 73.1 Å². The third kappa shape index (κ3) is 4.36. The number of para-hydroxylation sites is 1. The van der Waals surface area contributed by atoms with E-state index in [1.165, 1.54) is 5.56 Å². The molecule has 0 bridgehead atoms. The lowest BCUT2D eigenvalue weighted by molar-refractivity contribution is 0.854. The van der Waals surface area contributed by atoms with Gasteiger partial charge in [-0.2, -0.15) is 9.97 Å². The average Bonchev–Trinajstić information content (AvgIpc) is 2.73. The molecule has 4 rings (SSSR count). The van der Waals surface area contributed by atoms with E-state index in [1.54, 1.807) is 12.4 Å². The molecule has 0 saturated carbocycles. The number of nitrogens with zero attached hydrogens (tertiary/aromatic N) is 4. The lowest BCUT2D eigenvalue weighted by atomic mass is 10.1. The van der Waals surface area contributed by atoms with Crippen molar-refractivity contribution in [1.82, 2.24) is 19.9 Å². The van der Waals surface area contributed by atoms with Gasteiger partial charge in [-0.05, 0) is 30.5 Å². The highest BCUT2D eigenvalue weighted by Crippen LogP contribution is 2.22. The van der Waals surface area contributed by atoms with Crippen LogP contribution in [0.5, 0.6) is 0 Å². The van der Waals surface area contributed by atoms with Crippen LogP contribution < -0.4 is 10.6 Å². The van der Waals surface area contributed by atoms with Crippen molar-refractivity contribution in [2.24, 2.45) is 0 Å². The second-order valence-electron chi connectivity index (χ2n) is 6.13. The van der Waals surface area contributed by atoms with Crippen molar-refractivity contribution in [3.05, 3.63) is 78.6 Å². The molecule has 0 aliphatic carbocycles. The number of aryl methyl sites for hydroxylation is 1. The highest BCUT2D eigenvalue weighted by atomic mass is 15.2. The highest BCUT2D eigenvalue weighted by Gasteiger charge is 2.10. The molecule has 2 N–H and O–H groups in total. The number of fused-ring (bicyclic) bond motifs is 1. The number of anilines is 3. The van der Waals surface area contributed by atoms with Gasteiger partial charge in [0, 0.05) is 24.6 Å². The Bertz CT molecular complexity index is 1000. The van der Waals surface area contributed by atoms with Gasteiger partial charge >= 0.3 is 0 Å². The molecule has 0 aliphatic rings. The second kappa shape index (κ2) is 8.23. The molecule has 27 heavy (non-hydrogen) atoms. The Hall–Kier alpha value is -3.54. The third-order valence-electron chi connectivity index (χ3n) is 4.14. The topological polar surface area (TPSA) is 75.6 Å². The first kappa shape index (κ1) is 16.9. The van der Waals surface area contributed by atoms with E-state index in [9.17, 15) is 0 Å². The van der Waals surface area contributed by atoms with Crippen molar-refractivity contribution in [1.29, 1.82) is 0 Å². The van der Waals surface area contributed by atoms with E-state index in [2.05, 4.69) is 54.8 Å². The van der Waals surface area contributed by atoms with E-state index < -0.39 is 0 Å². The summed E-state index contributed by atoms with van der Waals surface area (Å²) in [6.45, 7) is 0.783. The van der Waals surface area contributed by atoms with Crippen LogP contribution in [-0.4, -0.2) is 26.5 Å². The molecule has 0 fully saturated rings. The zero-order valence-electron chi connectivity index (χ0n) is 14.8. The van der Waals surface area contributed by atoms with E-state index >= 15 is 0 Å². The summed E-state index contributed by atoms with van der Waals surface area (Å²) in [5.41, 5.74) is 3.49. The van der Waals surface area contributed by atoms with Gasteiger partial charge in [-0.3, -0.25) is 0 Å². The summed E-state index contributed by atoms with van der Waals surface area (Å²) in [6, 6.07) is 20.3. The van der Waals surface area contributed by atoms with Gasteiger partial charge in [0.1, 0.15) is 0 Å². The van der Waals surface area contributed by atoms with Crippen LogP contribution in [0, 0.1) is 0 Å². The summed E-state index contributed by atoms with van der Waals surface area (Å²) in [7, 11) is 0. The molecule has 2 heterocycles. The highest BCUT2D eigenvalue weighted by molar-refractivity contribution is 5.85. The van der Waals surface area contributed by atoms with Gasteiger partial charge in [0.15, 0.2) is 17.0 Å². The van der Waals surface area contributed by atoms with Crippen molar-refractivity contribution >= 4 is 28.6 Å². The maximum Gasteiger partial charge on any atom is 0.226 e. The molecular weight excluding hydrogens is 336 g/mol. The predicted molar refractivity (Wildman–Crippen MR) is 108 cm³/mol. The maximum absolute atomic E-state index is 4.60. The first-order chi connectivity index (χ1) is 13.4. The van der Waals surface area contributed by atoms with Crippen LogP contribution in [-0.2, 0) is 6.42 Å².